The highest BCUT2D eigenvalue weighted by Crippen LogP contribution is 2.31. The summed E-state index contributed by atoms with van der Waals surface area (Å²) in [5, 5.41) is 8.93. The van der Waals surface area contributed by atoms with Crippen molar-refractivity contribution < 1.29 is 4.52 Å². The second-order valence-corrected chi connectivity index (χ2v) is 5.93. The number of aromatic nitrogens is 3. The molecule has 3 aromatic heterocycles. The van der Waals surface area contributed by atoms with Crippen LogP contribution in [0.5, 0.6) is 0 Å². The van der Waals surface area contributed by atoms with E-state index in [-0.39, 0.29) is 5.92 Å². The van der Waals surface area contributed by atoms with E-state index in [1.807, 2.05) is 30.7 Å². The third-order valence-electron chi connectivity index (χ3n) is 2.41. The lowest BCUT2D eigenvalue weighted by atomic mass is 10.2. The van der Waals surface area contributed by atoms with E-state index in [9.17, 15) is 0 Å². The Hall–Kier alpha value is -1.53. The van der Waals surface area contributed by atoms with Crippen LogP contribution in [-0.4, -0.2) is 15.1 Å². The fourth-order valence-electron chi connectivity index (χ4n) is 1.46. The Morgan fingerprint density at radius 1 is 1.22 bits per heavy atom. The Labute approximate surface area is 112 Å². The van der Waals surface area contributed by atoms with Crippen molar-refractivity contribution in [1.29, 1.82) is 0 Å². The van der Waals surface area contributed by atoms with Gasteiger partial charge in [-0.1, -0.05) is 25.1 Å². The van der Waals surface area contributed by atoms with Crippen LogP contribution < -0.4 is 0 Å². The highest BCUT2D eigenvalue weighted by Gasteiger charge is 2.15. The largest absolute Gasteiger partial charge is 0.332 e. The fourth-order valence-corrected chi connectivity index (χ4v) is 3.07. The first-order valence-corrected chi connectivity index (χ1v) is 7.33. The molecule has 0 saturated carbocycles. The highest BCUT2D eigenvalue weighted by molar-refractivity contribution is 7.20. The normalized spacial score (nSPS) is 11.3. The minimum atomic E-state index is 0.262. The van der Waals surface area contributed by atoms with Crippen molar-refractivity contribution in [2.24, 2.45) is 0 Å². The first-order valence-electron chi connectivity index (χ1n) is 5.57. The van der Waals surface area contributed by atoms with E-state index in [1.165, 1.54) is 0 Å². The van der Waals surface area contributed by atoms with Crippen LogP contribution in [0, 0.1) is 0 Å². The van der Waals surface area contributed by atoms with Crippen LogP contribution in [0.15, 0.2) is 27.4 Å². The molecule has 0 saturated heterocycles. The van der Waals surface area contributed by atoms with Gasteiger partial charge in [0.2, 0.25) is 0 Å². The van der Waals surface area contributed by atoms with E-state index >= 15 is 0 Å². The van der Waals surface area contributed by atoms with E-state index in [0.717, 1.165) is 21.4 Å². The molecule has 6 heteroatoms. The highest BCUT2D eigenvalue weighted by atomic mass is 32.1. The Morgan fingerprint density at radius 2 is 2.11 bits per heavy atom. The van der Waals surface area contributed by atoms with Gasteiger partial charge >= 0.3 is 0 Å². The molecule has 4 nitrogen and oxygen atoms in total. The maximum atomic E-state index is 5.23. The number of thiophene rings is 1. The van der Waals surface area contributed by atoms with Gasteiger partial charge in [-0.2, -0.15) is 4.98 Å². The van der Waals surface area contributed by atoms with E-state index in [2.05, 4.69) is 21.2 Å². The van der Waals surface area contributed by atoms with Crippen LogP contribution in [0.3, 0.4) is 0 Å². The summed E-state index contributed by atoms with van der Waals surface area (Å²) in [6.45, 7) is 4.07. The lowest BCUT2D eigenvalue weighted by molar-refractivity contribution is 0.418. The number of hydrogen-bond donors (Lipinski definition) is 0. The average molecular weight is 277 g/mol. The minimum absolute atomic E-state index is 0.262. The van der Waals surface area contributed by atoms with Crippen molar-refractivity contribution in [3.05, 3.63) is 28.7 Å². The summed E-state index contributed by atoms with van der Waals surface area (Å²) in [6.07, 6.45) is 0. The quantitative estimate of drug-likeness (QED) is 0.725. The number of nitrogens with zero attached hydrogens (tertiary/aromatic N) is 3. The summed E-state index contributed by atoms with van der Waals surface area (Å²) in [4.78, 5) is 10.0. The van der Waals surface area contributed by atoms with Gasteiger partial charge in [-0.05, 0) is 11.4 Å². The molecule has 0 radical (unpaired) electrons. The van der Waals surface area contributed by atoms with Gasteiger partial charge in [0.05, 0.1) is 4.88 Å². The second-order valence-electron chi connectivity index (χ2n) is 4.13. The molecule has 0 atom stereocenters. The minimum Gasteiger partial charge on any atom is -0.332 e. The van der Waals surface area contributed by atoms with Crippen molar-refractivity contribution in [1.82, 2.24) is 15.1 Å². The monoisotopic (exact) mass is 277 g/mol. The molecule has 0 fully saturated rings. The van der Waals surface area contributed by atoms with Crippen molar-refractivity contribution in [3.8, 4) is 21.5 Å². The van der Waals surface area contributed by atoms with Gasteiger partial charge in [-0.15, -0.1) is 22.7 Å². The summed E-state index contributed by atoms with van der Waals surface area (Å²) in [7, 11) is 0. The molecule has 0 N–H and O–H groups in total. The van der Waals surface area contributed by atoms with E-state index in [0.29, 0.717) is 5.89 Å². The van der Waals surface area contributed by atoms with Gasteiger partial charge in [0.1, 0.15) is 10.7 Å². The number of rotatable bonds is 3. The zero-order chi connectivity index (χ0) is 12.5. The van der Waals surface area contributed by atoms with Gasteiger partial charge < -0.3 is 4.52 Å². The maximum absolute atomic E-state index is 5.23. The lowest BCUT2D eigenvalue weighted by Crippen LogP contribution is -1.89. The molecule has 0 aromatic carbocycles. The van der Waals surface area contributed by atoms with Crippen molar-refractivity contribution in [2.45, 2.75) is 19.8 Å². The molecule has 3 rings (SSSR count). The number of thiazole rings is 1. The van der Waals surface area contributed by atoms with Crippen molar-refractivity contribution in [2.75, 3.05) is 0 Å². The van der Waals surface area contributed by atoms with E-state index in [4.69, 9.17) is 4.52 Å². The molecule has 0 aliphatic heterocycles. The predicted molar refractivity (Wildman–Crippen MR) is 72.8 cm³/mol. The Kier molecular flexibility index (Phi) is 2.97. The molecule has 3 aromatic rings. The Balaban J connectivity index is 1.93. The fraction of sp³-hybridized carbons (Fsp3) is 0.250. The third kappa shape index (κ3) is 2.09. The third-order valence-corrected chi connectivity index (χ3v) is 4.29. The summed E-state index contributed by atoms with van der Waals surface area (Å²) < 4.78 is 5.23. The van der Waals surface area contributed by atoms with Crippen molar-refractivity contribution in [3.63, 3.8) is 0 Å². The molecule has 0 bridgehead atoms. The molecule has 92 valence electrons. The predicted octanol–water partition coefficient (Wildman–Crippen LogP) is 4.05. The summed E-state index contributed by atoms with van der Waals surface area (Å²) in [5.41, 5.74) is 0.753. The van der Waals surface area contributed by atoms with Crippen LogP contribution in [0.2, 0.25) is 0 Å². The molecule has 0 spiro atoms. The van der Waals surface area contributed by atoms with Gasteiger partial charge in [-0.25, -0.2) is 4.98 Å². The van der Waals surface area contributed by atoms with Crippen LogP contribution >= 0.6 is 22.7 Å². The standard InChI is InChI=1S/C12H11N3OS2/c1-7(2)10-14-11(16-15-10)8-6-18-12(13-8)9-4-3-5-17-9/h3-7H,1-2H3. The van der Waals surface area contributed by atoms with Gasteiger partial charge in [0.25, 0.3) is 5.89 Å². The summed E-state index contributed by atoms with van der Waals surface area (Å²) >= 11 is 3.27. The maximum Gasteiger partial charge on any atom is 0.277 e. The zero-order valence-corrected chi connectivity index (χ0v) is 11.6. The first kappa shape index (κ1) is 11.6. The Bertz CT molecular complexity index is 640. The van der Waals surface area contributed by atoms with Crippen LogP contribution in [0.4, 0.5) is 0 Å². The SMILES string of the molecule is CC(C)c1noc(-c2csc(-c3cccs3)n2)n1. The zero-order valence-electron chi connectivity index (χ0n) is 9.95. The molecule has 18 heavy (non-hydrogen) atoms. The van der Waals surface area contributed by atoms with Gasteiger partial charge in [0.15, 0.2) is 5.82 Å². The first-order chi connectivity index (χ1) is 8.74. The van der Waals surface area contributed by atoms with Crippen LogP contribution in [-0.2, 0) is 0 Å². The summed E-state index contributed by atoms with van der Waals surface area (Å²) in [6, 6.07) is 4.07. The van der Waals surface area contributed by atoms with Gasteiger partial charge in [-0.3, -0.25) is 0 Å². The molecule has 0 aliphatic carbocycles. The number of hydrogen-bond acceptors (Lipinski definition) is 6. The Morgan fingerprint density at radius 3 is 2.78 bits per heavy atom. The van der Waals surface area contributed by atoms with E-state index < -0.39 is 0 Å². The van der Waals surface area contributed by atoms with Crippen molar-refractivity contribution >= 4 is 22.7 Å². The molecular formula is C12H11N3OS2. The summed E-state index contributed by atoms with van der Waals surface area (Å²) in [5.74, 6) is 1.48. The lowest BCUT2D eigenvalue weighted by Gasteiger charge is -1.91. The molecule has 0 unspecified atom stereocenters. The second kappa shape index (κ2) is 4.62. The topological polar surface area (TPSA) is 51.8 Å². The molecular weight excluding hydrogens is 266 g/mol. The molecule has 0 aliphatic rings. The molecule has 3 heterocycles. The van der Waals surface area contributed by atoms with Gasteiger partial charge in [0, 0.05) is 11.3 Å². The molecule has 0 amide bonds. The smallest absolute Gasteiger partial charge is 0.277 e. The van der Waals surface area contributed by atoms with Crippen LogP contribution in [0.1, 0.15) is 25.6 Å². The van der Waals surface area contributed by atoms with E-state index in [1.54, 1.807) is 22.7 Å². The van der Waals surface area contributed by atoms with Crippen LogP contribution in [0.25, 0.3) is 21.5 Å². The average Bonchev–Trinajstić information content (AvgIpc) is 3.10.